The molecule has 114 valence electrons. The molecule has 0 bridgehead atoms. The summed E-state index contributed by atoms with van der Waals surface area (Å²) in [5.74, 6) is 1.04. The zero-order valence-electron chi connectivity index (χ0n) is 13.1. The topological polar surface area (TPSA) is 41.6 Å². The molecule has 2 fully saturated rings. The minimum atomic E-state index is -0.0731. The van der Waals surface area contributed by atoms with Gasteiger partial charge in [-0.3, -0.25) is 10.1 Å². The van der Waals surface area contributed by atoms with E-state index in [0.717, 1.165) is 17.7 Å². The molecule has 1 amide bonds. The second-order valence-corrected chi connectivity index (χ2v) is 6.72. The predicted molar refractivity (Wildman–Crippen MR) is 82.0 cm³/mol. The van der Waals surface area contributed by atoms with Crippen molar-refractivity contribution in [2.45, 2.75) is 45.3 Å². The molecule has 0 spiro atoms. The van der Waals surface area contributed by atoms with Crippen LogP contribution < -0.4 is 10.1 Å². The lowest BCUT2D eigenvalue weighted by Crippen LogP contribution is -2.45. The van der Waals surface area contributed by atoms with Gasteiger partial charge in [-0.05, 0) is 24.3 Å². The van der Waals surface area contributed by atoms with E-state index in [0.29, 0.717) is 12.6 Å². The van der Waals surface area contributed by atoms with Crippen molar-refractivity contribution in [3.8, 4) is 5.75 Å². The molecule has 1 aromatic carbocycles. The fourth-order valence-electron chi connectivity index (χ4n) is 3.85. The molecule has 21 heavy (non-hydrogen) atoms. The van der Waals surface area contributed by atoms with Crippen molar-refractivity contribution in [1.29, 1.82) is 0 Å². The maximum absolute atomic E-state index is 12.5. The van der Waals surface area contributed by atoms with Gasteiger partial charge in [-0.25, -0.2) is 0 Å². The summed E-state index contributed by atoms with van der Waals surface area (Å²) >= 11 is 0. The van der Waals surface area contributed by atoms with Crippen molar-refractivity contribution >= 4 is 5.91 Å². The standard InChI is InChI=1S/C17H24N2O2/c1-17(2)10-6-9-14(17)19-15(20)11-18-16(19)12-7-4-5-8-13(12)21-3/h4-5,7-8,14,16,18H,6,9-11H2,1-3H3. The molecule has 1 saturated carbocycles. The Bertz CT molecular complexity index is 541. The monoisotopic (exact) mass is 288 g/mol. The number of nitrogens with zero attached hydrogens (tertiary/aromatic N) is 1. The smallest absolute Gasteiger partial charge is 0.238 e. The molecular formula is C17H24N2O2. The molecule has 2 aliphatic rings. The second-order valence-electron chi connectivity index (χ2n) is 6.72. The molecule has 1 heterocycles. The number of hydrogen-bond acceptors (Lipinski definition) is 3. The maximum atomic E-state index is 12.5. The maximum Gasteiger partial charge on any atom is 0.238 e. The molecular weight excluding hydrogens is 264 g/mol. The van der Waals surface area contributed by atoms with Gasteiger partial charge in [0.15, 0.2) is 0 Å². The number of nitrogens with one attached hydrogen (secondary N) is 1. The highest BCUT2D eigenvalue weighted by Gasteiger charge is 2.46. The van der Waals surface area contributed by atoms with Gasteiger partial charge in [-0.2, -0.15) is 0 Å². The van der Waals surface area contributed by atoms with Crippen LogP contribution in [0, 0.1) is 5.41 Å². The second kappa shape index (κ2) is 5.34. The van der Waals surface area contributed by atoms with Gasteiger partial charge >= 0.3 is 0 Å². The van der Waals surface area contributed by atoms with E-state index in [1.54, 1.807) is 7.11 Å². The molecule has 0 radical (unpaired) electrons. The summed E-state index contributed by atoms with van der Waals surface area (Å²) in [7, 11) is 1.68. The molecule has 1 aliphatic carbocycles. The molecule has 1 N–H and O–H groups in total. The van der Waals surface area contributed by atoms with Crippen LogP contribution >= 0.6 is 0 Å². The van der Waals surface area contributed by atoms with Crippen molar-refractivity contribution in [3.05, 3.63) is 29.8 Å². The highest BCUT2D eigenvalue weighted by molar-refractivity contribution is 5.81. The molecule has 4 nitrogen and oxygen atoms in total. The molecule has 3 rings (SSSR count). The SMILES string of the molecule is COc1ccccc1C1NCC(=O)N1C1CCCC1(C)C. The Hall–Kier alpha value is -1.55. The van der Waals surface area contributed by atoms with Crippen molar-refractivity contribution in [1.82, 2.24) is 10.2 Å². The number of para-hydroxylation sites is 1. The van der Waals surface area contributed by atoms with Crippen LogP contribution in [0.4, 0.5) is 0 Å². The third-order valence-electron chi connectivity index (χ3n) is 4.98. The fraction of sp³-hybridized carbons (Fsp3) is 0.588. The first-order valence-electron chi connectivity index (χ1n) is 7.72. The number of benzene rings is 1. The van der Waals surface area contributed by atoms with Crippen molar-refractivity contribution in [2.75, 3.05) is 13.7 Å². The molecule has 1 aromatic rings. The number of methoxy groups -OCH3 is 1. The number of rotatable bonds is 3. The van der Waals surface area contributed by atoms with E-state index in [-0.39, 0.29) is 17.5 Å². The van der Waals surface area contributed by atoms with Gasteiger partial charge in [0.2, 0.25) is 5.91 Å². The van der Waals surface area contributed by atoms with E-state index in [1.165, 1.54) is 12.8 Å². The van der Waals surface area contributed by atoms with Crippen LogP contribution in [-0.2, 0) is 4.79 Å². The first-order valence-corrected chi connectivity index (χ1v) is 7.72. The lowest BCUT2D eigenvalue weighted by Gasteiger charge is -2.38. The Morgan fingerprint density at radius 2 is 2.10 bits per heavy atom. The van der Waals surface area contributed by atoms with Gasteiger partial charge in [0.05, 0.1) is 13.7 Å². The normalized spacial score (nSPS) is 28.1. The van der Waals surface area contributed by atoms with Gasteiger partial charge in [-0.1, -0.05) is 38.5 Å². The molecule has 0 aromatic heterocycles. The summed E-state index contributed by atoms with van der Waals surface area (Å²) in [6.45, 7) is 4.96. The number of carbonyl (C=O) groups excluding carboxylic acids is 1. The Balaban J connectivity index is 1.96. The number of amides is 1. The Morgan fingerprint density at radius 3 is 2.76 bits per heavy atom. The number of hydrogen-bond donors (Lipinski definition) is 1. The molecule has 2 unspecified atom stereocenters. The zero-order valence-corrected chi connectivity index (χ0v) is 13.1. The number of carbonyl (C=O) groups is 1. The molecule has 4 heteroatoms. The van der Waals surface area contributed by atoms with Gasteiger partial charge in [0.1, 0.15) is 11.9 Å². The van der Waals surface area contributed by atoms with Crippen molar-refractivity contribution < 1.29 is 9.53 Å². The lowest BCUT2D eigenvalue weighted by molar-refractivity contribution is -0.132. The van der Waals surface area contributed by atoms with Gasteiger partial charge < -0.3 is 9.64 Å². The average Bonchev–Trinajstić information content (AvgIpc) is 3.00. The van der Waals surface area contributed by atoms with E-state index in [2.05, 4.69) is 24.1 Å². The van der Waals surface area contributed by atoms with E-state index < -0.39 is 0 Å². The van der Waals surface area contributed by atoms with Crippen LogP contribution in [0.2, 0.25) is 0 Å². The third kappa shape index (κ3) is 2.42. The first kappa shape index (κ1) is 14.4. The summed E-state index contributed by atoms with van der Waals surface area (Å²) in [6.07, 6.45) is 3.39. The summed E-state index contributed by atoms with van der Waals surface area (Å²) < 4.78 is 5.48. The Kier molecular flexibility index (Phi) is 3.66. The van der Waals surface area contributed by atoms with Crippen LogP contribution in [0.3, 0.4) is 0 Å². The van der Waals surface area contributed by atoms with E-state index in [9.17, 15) is 4.79 Å². The largest absolute Gasteiger partial charge is 0.496 e. The number of ether oxygens (including phenoxy) is 1. The zero-order chi connectivity index (χ0) is 15.0. The van der Waals surface area contributed by atoms with Gasteiger partial charge in [0.25, 0.3) is 0 Å². The van der Waals surface area contributed by atoms with Crippen LogP contribution in [0.15, 0.2) is 24.3 Å². The summed E-state index contributed by atoms with van der Waals surface area (Å²) in [5.41, 5.74) is 1.23. The summed E-state index contributed by atoms with van der Waals surface area (Å²) in [6, 6.07) is 8.26. The van der Waals surface area contributed by atoms with Crippen molar-refractivity contribution in [3.63, 3.8) is 0 Å². The molecule has 1 saturated heterocycles. The average molecular weight is 288 g/mol. The first-order chi connectivity index (χ1) is 10.0. The van der Waals surface area contributed by atoms with Crippen LogP contribution in [0.1, 0.15) is 44.8 Å². The highest BCUT2D eigenvalue weighted by atomic mass is 16.5. The summed E-state index contributed by atoms with van der Waals surface area (Å²) in [5, 5.41) is 3.36. The Morgan fingerprint density at radius 1 is 1.33 bits per heavy atom. The lowest BCUT2D eigenvalue weighted by atomic mass is 9.86. The predicted octanol–water partition coefficient (Wildman–Crippen LogP) is 2.70. The summed E-state index contributed by atoms with van der Waals surface area (Å²) in [4.78, 5) is 14.5. The van der Waals surface area contributed by atoms with Crippen LogP contribution in [0.25, 0.3) is 0 Å². The van der Waals surface area contributed by atoms with Gasteiger partial charge in [-0.15, -0.1) is 0 Å². The van der Waals surface area contributed by atoms with E-state index >= 15 is 0 Å². The Labute approximate surface area is 126 Å². The third-order valence-corrected chi connectivity index (χ3v) is 4.98. The van der Waals surface area contributed by atoms with Crippen LogP contribution in [-0.4, -0.2) is 30.5 Å². The van der Waals surface area contributed by atoms with E-state index in [1.807, 2.05) is 24.3 Å². The van der Waals surface area contributed by atoms with E-state index in [4.69, 9.17) is 4.74 Å². The minimum Gasteiger partial charge on any atom is -0.496 e. The van der Waals surface area contributed by atoms with Crippen molar-refractivity contribution in [2.24, 2.45) is 5.41 Å². The minimum absolute atomic E-state index is 0.0731. The quantitative estimate of drug-likeness (QED) is 0.930. The molecule has 2 atom stereocenters. The fourth-order valence-corrected chi connectivity index (χ4v) is 3.85. The molecule has 1 aliphatic heterocycles. The van der Waals surface area contributed by atoms with Crippen LogP contribution in [0.5, 0.6) is 5.75 Å². The highest BCUT2D eigenvalue weighted by Crippen LogP contribution is 2.44. The van der Waals surface area contributed by atoms with Gasteiger partial charge in [0, 0.05) is 11.6 Å².